The Hall–Kier alpha value is -3.25. The van der Waals surface area contributed by atoms with Crippen LogP contribution in [0.5, 0.6) is 0 Å². The normalized spacial score (nSPS) is 17.9. The first kappa shape index (κ1) is 24.4. The summed E-state index contributed by atoms with van der Waals surface area (Å²) in [5.74, 6) is 0.588. The van der Waals surface area contributed by atoms with E-state index in [0.717, 1.165) is 30.6 Å². The van der Waals surface area contributed by atoms with Gasteiger partial charge in [-0.25, -0.2) is 0 Å². The summed E-state index contributed by atoms with van der Waals surface area (Å²) in [4.78, 5) is 29.7. The molecule has 2 fully saturated rings. The van der Waals surface area contributed by atoms with Crippen LogP contribution in [0.3, 0.4) is 0 Å². The molecule has 2 aliphatic rings. The average Bonchev–Trinajstić information content (AvgIpc) is 3.32. The molecule has 0 spiro atoms. The van der Waals surface area contributed by atoms with Crippen molar-refractivity contribution in [3.8, 4) is 0 Å². The van der Waals surface area contributed by atoms with Crippen molar-refractivity contribution in [1.29, 1.82) is 0 Å². The van der Waals surface area contributed by atoms with E-state index in [1.54, 1.807) is 11.8 Å². The van der Waals surface area contributed by atoms with E-state index >= 15 is 0 Å². The Morgan fingerprint density at radius 3 is 2.31 bits per heavy atom. The largest absolute Gasteiger partial charge is 0.372 e. The van der Waals surface area contributed by atoms with Crippen molar-refractivity contribution in [2.45, 2.75) is 37.6 Å². The van der Waals surface area contributed by atoms with E-state index in [2.05, 4.69) is 46.6 Å². The Kier molecular flexibility index (Phi) is 7.91. The minimum Gasteiger partial charge on any atom is -0.372 e. The molecule has 0 radical (unpaired) electrons. The van der Waals surface area contributed by atoms with Gasteiger partial charge in [-0.3, -0.25) is 9.59 Å². The van der Waals surface area contributed by atoms with Crippen molar-refractivity contribution in [2.75, 3.05) is 30.3 Å². The lowest BCUT2D eigenvalue weighted by molar-refractivity contribution is -0.128. The van der Waals surface area contributed by atoms with Gasteiger partial charge in [0, 0.05) is 37.4 Å². The van der Waals surface area contributed by atoms with Crippen LogP contribution in [-0.4, -0.2) is 42.1 Å². The van der Waals surface area contributed by atoms with E-state index in [1.165, 1.54) is 30.5 Å². The van der Waals surface area contributed by atoms with Gasteiger partial charge < -0.3 is 15.1 Å². The SMILES string of the molecule is O=C(NCc1ccc(N2CCCCC2)cc1)c1ccc([C@@H]2SCC(=O)N2CCc2ccccc2)cc1. The number of thioether (sulfide) groups is 1. The number of hydrogen-bond donors (Lipinski definition) is 1. The molecule has 186 valence electrons. The molecule has 6 heteroatoms. The molecule has 0 aromatic heterocycles. The fourth-order valence-corrected chi connectivity index (χ4v) is 6.15. The molecule has 5 nitrogen and oxygen atoms in total. The van der Waals surface area contributed by atoms with Crippen LogP contribution >= 0.6 is 11.8 Å². The van der Waals surface area contributed by atoms with Crippen LogP contribution in [0.15, 0.2) is 78.9 Å². The highest BCUT2D eigenvalue weighted by atomic mass is 32.2. The van der Waals surface area contributed by atoms with Crippen LogP contribution in [-0.2, 0) is 17.8 Å². The van der Waals surface area contributed by atoms with Gasteiger partial charge in [-0.05, 0) is 66.6 Å². The molecule has 0 bridgehead atoms. The second-order valence-electron chi connectivity index (χ2n) is 9.50. The molecule has 1 N–H and O–H groups in total. The second-order valence-corrected chi connectivity index (χ2v) is 10.6. The van der Waals surface area contributed by atoms with Gasteiger partial charge in [0.05, 0.1) is 5.75 Å². The maximum atomic E-state index is 12.8. The Labute approximate surface area is 217 Å². The molecule has 2 heterocycles. The van der Waals surface area contributed by atoms with Crippen molar-refractivity contribution in [3.63, 3.8) is 0 Å². The first-order valence-electron chi connectivity index (χ1n) is 12.8. The van der Waals surface area contributed by atoms with Gasteiger partial charge in [-0.15, -0.1) is 11.8 Å². The van der Waals surface area contributed by atoms with E-state index in [0.29, 0.717) is 24.4 Å². The number of carbonyl (C=O) groups is 2. The number of amides is 2. The molecule has 36 heavy (non-hydrogen) atoms. The first-order chi connectivity index (χ1) is 17.7. The van der Waals surface area contributed by atoms with Crippen LogP contribution in [0.25, 0.3) is 0 Å². The lowest BCUT2D eigenvalue weighted by atomic mass is 10.1. The number of hydrogen-bond acceptors (Lipinski definition) is 4. The highest BCUT2D eigenvalue weighted by molar-refractivity contribution is 8.00. The quantitative estimate of drug-likeness (QED) is 0.449. The topological polar surface area (TPSA) is 52.7 Å². The van der Waals surface area contributed by atoms with Gasteiger partial charge in [0.2, 0.25) is 5.91 Å². The Morgan fingerprint density at radius 1 is 0.861 bits per heavy atom. The minimum atomic E-state index is -0.0854. The molecule has 5 rings (SSSR count). The average molecular weight is 500 g/mol. The van der Waals surface area contributed by atoms with Crippen LogP contribution in [0.4, 0.5) is 5.69 Å². The van der Waals surface area contributed by atoms with Crippen molar-refractivity contribution >= 4 is 29.3 Å². The lowest BCUT2D eigenvalue weighted by Crippen LogP contribution is -2.30. The zero-order chi connectivity index (χ0) is 24.7. The highest BCUT2D eigenvalue weighted by Crippen LogP contribution is 2.38. The van der Waals surface area contributed by atoms with Crippen LogP contribution < -0.4 is 10.2 Å². The first-order valence-corrected chi connectivity index (χ1v) is 13.9. The third-order valence-electron chi connectivity index (χ3n) is 7.02. The van der Waals surface area contributed by atoms with Crippen molar-refractivity contribution in [1.82, 2.24) is 10.2 Å². The summed E-state index contributed by atoms with van der Waals surface area (Å²) in [5, 5.41) is 3.03. The Balaban J connectivity index is 1.15. The number of nitrogens with zero attached hydrogens (tertiary/aromatic N) is 2. The van der Waals surface area contributed by atoms with Crippen LogP contribution in [0.1, 0.15) is 51.7 Å². The maximum absolute atomic E-state index is 12.8. The van der Waals surface area contributed by atoms with E-state index in [1.807, 2.05) is 47.4 Å². The van der Waals surface area contributed by atoms with E-state index in [4.69, 9.17) is 0 Å². The highest BCUT2D eigenvalue weighted by Gasteiger charge is 2.32. The molecule has 2 saturated heterocycles. The van der Waals surface area contributed by atoms with Crippen LogP contribution in [0.2, 0.25) is 0 Å². The Morgan fingerprint density at radius 2 is 1.58 bits per heavy atom. The molecular weight excluding hydrogens is 466 g/mol. The molecule has 3 aromatic rings. The summed E-state index contributed by atoms with van der Waals surface area (Å²) < 4.78 is 0. The van der Waals surface area contributed by atoms with Gasteiger partial charge in [0.15, 0.2) is 0 Å². The summed E-state index contributed by atoms with van der Waals surface area (Å²) in [6.45, 7) is 3.45. The lowest BCUT2D eigenvalue weighted by Gasteiger charge is -2.28. The molecule has 1 atom stereocenters. The smallest absolute Gasteiger partial charge is 0.251 e. The number of carbonyl (C=O) groups excluding carboxylic acids is 2. The Bertz CT molecular complexity index is 1160. The fraction of sp³-hybridized carbons (Fsp3) is 0.333. The second kappa shape index (κ2) is 11.7. The minimum absolute atomic E-state index is 0.00302. The predicted molar refractivity (Wildman–Crippen MR) is 147 cm³/mol. The van der Waals surface area contributed by atoms with E-state index in [9.17, 15) is 9.59 Å². The van der Waals surface area contributed by atoms with E-state index in [-0.39, 0.29) is 17.2 Å². The summed E-state index contributed by atoms with van der Waals surface area (Å²) in [6.07, 6.45) is 4.69. The number of rotatable bonds is 8. The standard InChI is InChI=1S/C30H33N3O2S/c34-28-22-36-30(33(28)20-17-23-7-3-1-4-8-23)26-13-11-25(12-14-26)29(35)31-21-24-9-15-27(16-10-24)32-18-5-2-6-19-32/h1,3-4,7-16,30H,2,5-6,17-22H2,(H,31,35)/t30-/m0/s1. The summed E-state index contributed by atoms with van der Waals surface area (Å²) in [7, 11) is 0. The van der Waals surface area contributed by atoms with Gasteiger partial charge in [-0.2, -0.15) is 0 Å². The third kappa shape index (κ3) is 5.93. The number of anilines is 1. The molecule has 2 amide bonds. The van der Waals surface area contributed by atoms with Crippen molar-refractivity contribution < 1.29 is 9.59 Å². The van der Waals surface area contributed by atoms with Gasteiger partial charge >= 0.3 is 0 Å². The van der Waals surface area contributed by atoms with Crippen molar-refractivity contribution in [2.24, 2.45) is 0 Å². The summed E-state index contributed by atoms with van der Waals surface area (Å²) >= 11 is 1.65. The zero-order valence-corrected chi connectivity index (χ0v) is 21.4. The molecule has 3 aromatic carbocycles. The summed E-state index contributed by atoms with van der Waals surface area (Å²) in [6, 6.07) is 26.5. The molecule has 2 aliphatic heterocycles. The number of nitrogens with one attached hydrogen (secondary N) is 1. The van der Waals surface area contributed by atoms with Gasteiger partial charge in [-0.1, -0.05) is 54.6 Å². The van der Waals surface area contributed by atoms with Crippen LogP contribution in [0, 0.1) is 0 Å². The van der Waals surface area contributed by atoms with Gasteiger partial charge in [0.1, 0.15) is 5.37 Å². The zero-order valence-electron chi connectivity index (χ0n) is 20.6. The number of benzene rings is 3. The fourth-order valence-electron chi connectivity index (χ4n) is 4.93. The number of piperidine rings is 1. The molecule has 0 aliphatic carbocycles. The molecular formula is C30H33N3O2S. The van der Waals surface area contributed by atoms with E-state index < -0.39 is 0 Å². The molecule has 0 unspecified atom stereocenters. The predicted octanol–water partition coefficient (Wildman–Crippen LogP) is 5.42. The maximum Gasteiger partial charge on any atom is 0.251 e. The third-order valence-corrected chi connectivity index (χ3v) is 8.28. The van der Waals surface area contributed by atoms with Gasteiger partial charge in [0.25, 0.3) is 5.91 Å². The molecule has 0 saturated carbocycles. The van der Waals surface area contributed by atoms with Crippen molar-refractivity contribution in [3.05, 3.63) is 101 Å². The monoisotopic (exact) mass is 499 g/mol. The summed E-state index contributed by atoms with van der Waals surface area (Å²) in [5.41, 5.74) is 5.28.